The molecule has 1 unspecified atom stereocenters. The van der Waals surface area contributed by atoms with Crippen LogP contribution in [-0.4, -0.2) is 18.7 Å². The van der Waals surface area contributed by atoms with Gasteiger partial charge < -0.3 is 20.5 Å². The summed E-state index contributed by atoms with van der Waals surface area (Å²) < 4.78 is 10.6. The minimum absolute atomic E-state index is 0.267. The zero-order valence-corrected chi connectivity index (χ0v) is 11.3. The molecule has 0 radical (unpaired) electrons. The van der Waals surface area contributed by atoms with Crippen molar-refractivity contribution < 1.29 is 14.3 Å². The van der Waals surface area contributed by atoms with E-state index in [2.05, 4.69) is 19.2 Å². The zero-order chi connectivity index (χ0) is 13.8. The summed E-state index contributed by atoms with van der Waals surface area (Å²) in [6.45, 7) is 4.98. The molecule has 0 aliphatic carbocycles. The molecule has 1 aliphatic rings. The Morgan fingerprint density at radius 1 is 1.37 bits per heavy atom. The lowest BCUT2D eigenvalue weighted by Gasteiger charge is -2.17. The molecular formula is C14H20N2O3. The molecule has 19 heavy (non-hydrogen) atoms. The van der Waals surface area contributed by atoms with Gasteiger partial charge >= 0.3 is 0 Å². The minimum Gasteiger partial charge on any atom is -0.454 e. The Hall–Kier alpha value is -1.75. The summed E-state index contributed by atoms with van der Waals surface area (Å²) in [4.78, 5) is 11.4. The summed E-state index contributed by atoms with van der Waals surface area (Å²) in [6.07, 6.45) is 0.736. The lowest BCUT2D eigenvalue weighted by molar-refractivity contribution is -0.120. The molecule has 0 saturated carbocycles. The van der Waals surface area contributed by atoms with E-state index in [-0.39, 0.29) is 18.7 Å². The molecule has 1 atom stereocenters. The third-order valence-electron chi connectivity index (χ3n) is 3.04. The zero-order valence-electron chi connectivity index (χ0n) is 11.3. The third kappa shape index (κ3) is 3.61. The maximum atomic E-state index is 11.4. The number of carbonyl (C=O) groups excluding carboxylic acids is 1. The van der Waals surface area contributed by atoms with Gasteiger partial charge in [0.05, 0.1) is 6.04 Å². The van der Waals surface area contributed by atoms with Crippen LogP contribution in [0, 0.1) is 5.92 Å². The van der Waals surface area contributed by atoms with Crippen molar-refractivity contribution in [2.24, 2.45) is 11.7 Å². The van der Waals surface area contributed by atoms with E-state index in [0.29, 0.717) is 12.5 Å². The van der Waals surface area contributed by atoms with Gasteiger partial charge in [0.15, 0.2) is 11.5 Å². The Kier molecular flexibility index (Phi) is 4.27. The Labute approximate surface area is 113 Å². The minimum atomic E-state index is -0.311. The van der Waals surface area contributed by atoms with E-state index >= 15 is 0 Å². The average Bonchev–Trinajstić information content (AvgIpc) is 2.80. The van der Waals surface area contributed by atoms with Crippen LogP contribution in [0.1, 0.15) is 25.8 Å². The van der Waals surface area contributed by atoms with Crippen molar-refractivity contribution in [1.29, 1.82) is 0 Å². The molecule has 3 N–H and O–H groups in total. The number of hydrogen-bond donors (Lipinski definition) is 2. The molecule has 2 rings (SSSR count). The number of carbonyl (C=O) groups is 1. The van der Waals surface area contributed by atoms with Crippen LogP contribution in [0.3, 0.4) is 0 Å². The largest absolute Gasteiger partial charge is 0.454 e. The molecule has 0 saturated heterocycles. The molecule has 0 fully saturated rings. The van der Waals surface area contributed by atoms with Crippen LogP contribution in [0.4, 0.5) is 0 Å². The van der Waals surface area contributed by atoms with Crippen molar-refractivity contribution in [1.82, 2.24) is 5.32 Å². The van der Waals surface area contributed by atoms with Crippen LogP contribution >= 0.6 is 0 Å². The van der Waals surface area contributed by atoms with Gasteiger partial charge in [-0.1, -0.05) is 19.9 Å². The number of benzene rings is 1. The normalized spacial score (nSPS) is 14.7. The molecule has 104 valence electrons. The van der Waals surface area contributed by atoms with Gasteiger partial charge in [0.1, 0.15) is 0 Å². The van der Waals surface area contributed by atoms with Crippen molar-refractivity contribution in [2.75, 3.05) is 6.79 Å². The fourth-order valence-electron chi connectivity index (χ4n) is 2.06. The second-order valence-corrected chi connectivity index (χ2v) is 5.15. The van der Waals surface area contributed by atoms with Gasteiger partial charge in [-0.05, 0) is 30.0 Å². The summed E-state index contributed by atoms with van der Waals surface area (Å²) >= 11 is 0. The molecule has 1 amide bonds. The van der Waals surface area contributed by atoms with Crippen LogP contribution < -0.4 is 20.5 Å². The Morgan fingerprint density at radius 2 is 2.11 bits per heavy atom. The third-order valence-corrected chi connectivity index (χ3v) is 3.04. The predicted octanol–water partition coefficient (Wildman–Crippen LogP) is 1.40. The highest BCUT2D eigenvalue weighted by molar-refractivity contribution is 5.79. The van der Waals surface area contributed by atoms with E-state index in [0.717, 1.165) is 23.5 Å². The molecular weight excluding hydrogens is 244 g/mol. The second kappa shape index (κ2) is 5.93. The molecule has 1 aromatic rings. The number of ether oxygens (including phenoxy) is 2. The van der Waals surface area contributed by atoms with E-state index in [9.17, 15) is 4.79 Å². The van der Waals surface area contributed by atoms with Crippen molar-refractivity contribution in [2.45, 2.75) is 32.9 Å². The highest BCUT2D eigenvalue weighted by Gasteiger charge is 2.17. The summed E-state index contributed by atoms with van der Waals surface area (Å²) in [7, 11) is 0. The fourth-order valence-corrected chi connectivity index (χ4v) is 2.06. The summed E-state index contributed by atoms with van der Waals surface area (Å²) in [5, 5.41) is 3.19. The van der Waals surface area contributed by atoms with Crippen LogP contribution in [0.2, 0.25) is 0 Å². The van der Waals surface area contributed by atoms with E-state index in [4.69, 9.17) is 15.2 Å². The molecule has 1 heterocycles. The van der Waals surface area contributed by atoms with Gasteiger partial charge in [-0.25, -0.2) is 0 Å². The summed E-state index contributed by atoms with van der Waals surface area (Å²) in [5.41, 5.74) is 6.43. The number of rotatable bonds is 6. The van der Waals surface area contributed by atoms with Gasteiger partial charge in [0, 0.05) is 6.54 Å². The highest BCUT2D eigenvalue weighted by Crippen LogP contribution is 2.32. The van der Waals surface area contributed by atoms with E-state index in [1.54, 1.807) is 0 Å². The lowest BCUT2D eigenvalue weighted by atomic mass is 10.0. The summed E-state index contributed by atoms with van der Waals surface area (Å²) in [6, 6.07) is 5.45. The van der Waals surface area contributed by atoms with Crippen molar-refractivity contribution >= 4 is 5.91 Å². The Balaban J connectivity index is 1.95. The number of hydrogen-bond acceptors (Lipinski definition) is 4. The standard InChI is InChI=1S/C14H20N2O3/c1-9(2)5-11(14(15)17)16-7-10-3-4-12-13(6-10)19-8-18-12/h3-4,6,9,11,16H,5,7-8H2,1-2H3,(H2,15,17). The molecule has 0 aromatic heterocycles. The van der Waals surface area contributed by atoms with Gasteiger partial charge in [0.25, 0.3) is 0 Å². The monoisotopic (exact) mass is 264 g/mol. The highest BCUT2D eigenvalue weighted by atomic mass is 16.7. The maximum Gasteiger partial charge on any atom is 0.234 e. The topological polar surface area (TPSA) is 73.6 Å². The first-order valence-electron chi connectivity index (χ1n) is 6.47. The molecule has 1 aromatic carbocycles. The number of nitrogens with two attached hydrogens (primary N) is 1. The fraction of sp³-hybridized carbons (Fsp3) is 0.500. The second-order valence-electron chi connectivity index (χ2n) is 5.15. The summed E-state index contributed by atoms with van der Waals surface area (Å²) in [5.74, 6) is 1.62. The van der Waals surface area contributed by atoms with E-state index in [1.807, 2.05) is 18.2 Å². The molecule has 0 bridgehead atoms. The smallest absolute Gasteiger partial charge is 0.234 e. The molecule has 5 heteroatoms. The lowest BCUT2D eigenvalue weighted by Crippen LogP contribution is -2.41. The first-order chi connectivity index (χ1) is 9.06. The Morgan fingerprint density at radius 3 is 2.79 bits per heavy atom. The number of nitrogens with one attached hydrogen (secondary N) is 1. The van der Waals surface area contributed by atoms with Gasteiger partial charge in [0.2, 0.25) is 12.7 Å². The number of fused-ring (bicyclic) bond motifs is 1. The van der Waals surface area contributed by atoms with Crippen molar-refractivity contribution in [3.8, 4) is 11.5 Å². The molecule has 1 aliphatic heterocycles. The Bertz CT molecular complexity index is 460. The molecule has 0 spiro atoms. The van der Waals surface area contributed by atoms with Crippen molar-refractivity contribution in [3.05, 3.63) is 23.8 Å². The van der Waals surface area contributed by atoms with Gasteiger partial charge in [-0.15, -0.1) is 0 Å². The van der Waals surface area contributed by atoms with Crippen LogP contribution in [0.25, 0.3) is 0 Å². The van der Waals surface area contributed by atoms with Crippen LogP contribution in [-0.2, 0) is 11.3 Å². The maximum absolute atomic E-state index is 11.4. The average molecular weight is 264 g/mol. The number of amides is 1. The van der Waals surface area contributed by atoms with E-state index in [1.165, 1.54) is 0 Å². The van der Waals surface area contributed by atoms with Gasteiger partial charge in [-0.2, -0.15) is 0 Å². The van der Waals surface area contributed by atoms with Gasteiger partial charge in [-0.3, -0.25) is 4.79 Å². The predicted molar refractivity (Wildman–Crippen MR) is 71.8 cm³/mol. The van der Waals surface area contributed by atoms with Crippen molar-refractivity contribution in [3.63, 3.8) is 0 Å². The van der Waals surface area contributed by atoms with E-state index < -0.39 is 0 Å². The SMILES string of the molecule is CC(C)CC(NCc1ccc2c(c1)OCO2)C(N)=O. The van der Waals surface area contributed by atoms with Crippen LogP contribution in [0.5, 0.6) is 11.5 Å². The molecule has 5 nitrogen and oxygen atoms in total. The first kappa shape index (κ1) is 13.7. The van der Waals surface area contributed by atoms with Crippen LogP contribution in [0.15, 0.2) is 18.2 Å². The first-order valence-corrected chi connectivity index (χ1v) is 6.47. The quantitative estimate of drug-likeness (QED) is 0.814. The number of primary amides is 1.